The van der Waals surface area contributed by atoms with E-state index in [4.69, 9.17) is 11.5 Å². The van der Waals surface area contributed by atoms with E-state index in [1.54, 1.807) is 0 Å². The SMILES string of the molecule is C#CCC(CCCC(C)C)C(=O)O. The first kappa shape index (κ1) is 12.0. The van der Waals surface area contributed by atoms with Crippen LogP contribution in [0, 0.1) is 24.2 Å². The van der Waals surface area contributed by atoms with Crippen LogP contribution in [0.3, 0.4) is 0 Å². The van der Waals surface area contributed by atoms with Crippen molar-refractivity contribution in [1.29, 1.82) is 0 Å². The molecule has 0 aliphatic heterocycles. The van der Waals surface area contributed by atoms with Crippen LogP contribution in [0.25, 0.3) is 0 Å². The number of aliphatic carboxylic acids is 1. The molecule has 1 atom stereocenters. The molecule has 74 valence electrons. The number of rotatable bonds is 6. The molecule has 13 heavy (non-hydrogen) atoms. The Morgan fingerprint density at radius 2 is 2.08 bits per heavy atom. The minimum absolute atomic E-state index is 0.344. The molecule has 0 aromatic carbocycles. The number of hydrogen-bond donors (Lipinski definition) is 1. The van der Waals surface area contributed by atoms with E-state index in [1.807, 2.05) is 0 Å². The van der Waals surface area contributed by atoms with Gasteiger partial charge in [-0.15, -0.1) is 12.3 Å². The summed E-state index contributed by atoms with van der Waals surface area (Å²) in [4.78, 5) is 10.7. The van der Waals surface area contributed by atoms with Gasteiger partial charge in [-0.2, -0.15) is 0 Å². The first-order valence-corrected chi connectivity index (χ1v) is 4.74. The van der Waals surface area contributed by atoms with E-state index in [0.717, 1.165) is 12.8 Å². The summed E-state index contributed by atoms with van der Waals surface area (Å²) in [7, 11) is 0. The Balaban J connectivity index is 3.71. The molecule has 0 heterocycles. The largest absolute Gasteiger partial charge is 0.481 e. The molecule has 0 aromatic heterocycles. The molecule has 0 rings (SSSR count). The third kappa shape index (κ3) is 6.21. The molecule has 0 amide bonds. The highest BCUT2D eigenvalue weighted by molar-refractivity contribution is 5.70. The standard InChI is InChI=1S/C11H18O2/c1-4-6-10(11(12)13)8-5-7-9(2)3/h1,9-10H,5-8H2,2-3H3,(H,12,13). The molecule has 0 saturated heterocycles. The van der Waals surface area contributed by atoms with Crippen molar-refractivity contribution in [3.05, 3.63) is 0 Å². The van der Waals surface area contributed by atoms with Gasteiger partial charge in [0.2, 0.25) is 0 Å². The van der Waals surface area contributed by atoms with Gasteiger partial charge in [0.1, 0.15) is 0 Å². The molecule has 1 N–H and O–H groups in total. The number of carboxylic acids is 1. The highest BCUT2D eigenvalue weighted by Gasteiger charge is 2.15. The zero-order valence-electron chi connectivity index (χ0n) is 8.42. The number of carbonyl (C=O) groups is 1. The number of carboxylic acid groups (broad SMARTS) is 1. The van der Waals surface area contributed by atoms with Gasteiger partial charge in [-0.05, 0) is 12.3 Å². The zero-order valence-corrected chi connectivity index (χ0v) is 8.42. The molecule has 0 aliphatic rings. The Hall–Kier alpha value is -0.970. The van der Waals surface area contributed by atoms with Gasteiger partial charge in [0.25, 0.3) is 0 Å². The molecule has 0 bridgehead atoms. The van der Waals surface area contributed by atoms with Crippen LogP contribution < -0.4 is 0 Å². The maximum Gasteiger partial charge on any atom is 0.307 e. The summed E-state index contributed by atoms with van der Waals surface area (Å²) in [5.74, 6) is 1.94. The molecule has 0 spiro atoms. The number of hydrogen-bond acceptors (Lipinski definition) is 1. The average Bonchev–Trinajstić information content (AvgIpc) is 2.02. The van der Waals surface area contributed by atoms with Crippen LogP contribution in [0.4, 0.5) is 0 Å². The third-order valence-electron chi connectivity index (χ3n) is 2.05. The molecule has 2 heteroatoms. The first-order chi connectivity index (χ1) is 6.07. The summed E-state index contributed by atoms with van der Waals surface area (Å²) in [6.45, 7) is 4.27. The summed E-state index contributed by atoms with van der Waals surface area (Å²) in [5.41, 5.74) is 0. The second-order valence-electron chi connectivity index (χ2n) is 3.77. The quantitative estimate of drug-likeness (QED) is 0.641. The van der Waals surface area contributed by atoms with E-state index in [9.17, 15) is 4.79 Å². The summed E-state index contributed by atoms with van der Waals surface area (Å²) >= 11 is 0. The highest BCUT2D eigenvalue weighted by Crippen LogP contribution is 2.15. The lowest BCUT2D eigenvalue weighted by molar-refractivity contribution is -0.141. The topological polar surface area (TPSA) is 37.3 Å². The smallest absolute Gasteiger partial charge is 0.307 e. The van der Waals surface area contributed by atoms with Gasteiger partial charge in [0.15, 0.2) is 0 Å². The van der Waals surface area contributed by atoms with Gasteiger partial charge in [0, 0.05) is 6.42 Å². The Kier molecular flexibility index (Phi) is 6.05. The van der Waals surface area contributed by atoms with Crippen LogP contribution in [0.5, 0.6) is 0 Å². The minimum atomic E-state index is -0.762. The first-order valence-electron chi connectivity index (χ1n) is 4.74. The highest BCUT2D eigenvalue weighted by atomic mass is 16.4. The molecule has 0 saturated carbocycles. The Bertz CT molecular complexity index is 189. The predicted molar refractivity (Wildman–Crippen MR) is 53.3 cm³/mol. The summed E-state index contributed by atoms with van der Waals surface area (Å²) in [6.07, 6.45) is 8.18. The van der Waals surface area contributed by atoms with Crippen molar-refractivity contribution < 1.29 is 9.90 Å². The van der Waals surface area contributed by atoms with Crippen molar-refractivity contribution in [2.45, 2.75) is 39.5 Å². The number of terminal acetylenes is 1. The van der Waals surface area contributed by atoms with Crippen LogP contribution in [0.15, 0.2) is 0 Å². The van der Waals surface area contributed by atoms with Crippen molar-refractivity contribution >= 4 is 5.97 Å². The monoisotopic (exact) mass is 182 g/mol. The summed E-state index contributed by atoms with van der Waals surface area (Å²) in [6, 6.07) is 0. The Morgan fingerprint density at radius 3 is 2.46 bits per heavy atom. The van der Waals surface area contributed by atoms with E-state index in [1.165, 1.54) is 0 Å². The van der Waals surface area contributed by atoms with E-state index in [2.05, 4.69) is 19.8 Å². The maximum absolute atomic E-state index is 10.7. The molecule has 0 aliphatic carbocycles. The second kappa shape index (κ2) is 6.54. The van der Waals surface area contributed by atoms with E-state index >= 15 is 0 Å². The molecule has 2 nitrogen and oxygen atoms in total. The van der Waals surface area contributed by atoms with Crippen molar-refractivity contribution in [2.24, 2.45) is 11.8 Å². The van der Waals surface area contributed by atoms with Crippen molar-refractivity contribution in [3.8, 4) is 12.3 Å². The van der Waals surface area contributed by atoms with Crippen molar-refractivity contribution in [2.75, 3.05) is 0 Å². The fraction of sp³-hybridized carbons (Fsp3) is 0.727. The van der Waals surface area contributed by atoms with Gasteiger partial charge < -0.3 is 5.11 Å². The fourth-order valence-corrected chi connectivity index (χ4v) is 1.23. The van der Waals surface area contributed by atoms with Crippen molar-refractivity contribution in [3.63, 3.8) is 0 Å². The lowest BCUT2D eigenvalue weighted by atomic mass is 9.96. The lowest BCUT2D eigenvalue weighted by Gasteiger charge is -2.09. The van der Waals surface area contributed by atoms with Crippen LogP contribution >= 0.6 is 0 Å². The van der Waals surface area contributed by atoms with Gasteiger partial charge in [0.05, 0.1) is 5.92 Å². The maximum atomic E-state index is 10.7. The van der Waals surface area contributed by atoms with Crippen molar-refractivity contribution in [1.82, 2.24) is 0 Å². The zero-order chi connectivity index (χ0) is 10.3. The molecular weight excluding hydrogens is 164 g/mol. The summed E-state index contributed by atoms with van der Waals surface area (Å²) < 4.78 is 0. The second-order valence-corrected chi connectivity index (χ2v) is 3.77. The van der Waals surface area contributed by atoms with Gasteiger partial charge in [-0.3, -0.25) is 4.79 Å². The van der Waals surface area contributed by atoms with Gasteiger partial charge in [-0.25, -0.2) is 0 Å². The normalized spacial score (nSPS) is 12.5. The van der Waals surface area contributed by atoms with Crippen LogP contribution in [-0.2, 0) is 4.79 Å². The van der Waals surface area contributed by atoms with Crippen LogP contribution in [0.1, 0.15) is 39.5 Å². The van der Waals surface area contributed by atoms with Crippen LogP contribution in [-0.4, -0.2) is 11.1 Å². The molecule has 0 aromatic rings. The van der Waals surface area contributed by atoms with Crippen LogP contribution in [0.2, 0.25) is 0 Å². The Morgan fingerprint density at radius 1 is 1.46 bits per heavy atom. The molecule has 0 radical (unpaired) electrons. The van der Waals surface area contributed by atoms with E-state index in [-0.39, 0.29) is 5.92 Å². The molecule has 1 unspecified atom stereocenters. The fourth-order valence-electron chi connectivity index (χ4n) is 1.23. The van der Waals surface area contributed by atoms with E-state index < -0.39 is 5.97 Å². The lowest BCUT2D eigenvalue weighted by Crippen LogP contribution is -2.13. The van der Waals surface area contributed by atoms with Gasteiger partial charge in [-0.1, -0.05) is 26.7 Å². The molecular formula is C11H18O2. The third-order valence-corrected chi connectivity index (χ3v) is 2.05. The summed E-state index contributed by atoms with van der Waals surface area (Å²) in [5, 5.41) is 8.77. The Labute approximate surface area is 80.3 Å². The average molecular weight is 182 g/mol. The predicted octanol–water partition coefficient (Wildman–Crippen LogP) is 2.54. The van der Waals surface area contributed by atoms with Gasteiger partial charge >= 0.3 is 5.97 Å². The van der Waals surface area contributed by atoms with E-state index in [0.29, 0.717) is 18.8 Å². The molecule has 0 fully saturated rings. The minimum Gasteiger partial charge on any atom is -0.481 e.